The van der Waals surface area contributed by atoms with Gasteiger partial charge in [-0.05, 0) is 17.9 Å². The van der Waals surface area contributed by atoms with Crippen LogP contribution in [0.4, 0.5) is 0 Å². The highest BCUT2D eigenvalue weighted by atomic mass is 32.2. The van der Waals surface area contributed by atoms with E-state index in [0.29, 0.717) is 12.1 Å². The van der Waals surface area contributed by atoms with Gasteiger partial charge in [-0.1, -0.05) is 6.92 Å². The molecule has 0 spiro atoms. The van der Waals surface area contributed by atoms with Crippen molar-refractivity contribution in [1.82, 2.24) is 4.31 Å². The van der Waals surface area contributed by atoms with Gasteiger partial charge < -0.3 is 4.74 Å². The third-order valence-electron chi connectivity index (χ3n) is 2.40. The molecule has 1 aromatic heterocycles. The zero-order valence-electron chi connectivity index (χ0n) is 10.2. The molecular formula is C10H15NO4S2. The Labute approximate surface area is 105 Å². The standard InChI is InChI=1S/C10H15NO4S2/c1-5-11(3)17(13,14)9-7(2)6-16-8(9)10(12)15-4/h6H,5H2,1-4H3. The zero-order chi connectivity index (χ0) is 13.2. The first-order valence-corrected chi connectivity index (χ1v) is 7.31. The van der Waals surface area contributed by atoms with E-state index in [1.165, 1.54) is 18.5 Å². The lowest BCUT2D eigenvalue weighted by Gasteiger charge is -2.15. The average Bonchev–Trinajstić information content (AvgIpc) is 2.69. The normalized spacial score (nSPS) is 11.8. The van der Waals surface area contributed by atoms with E-state index in [1.54, 1.807) is 19.2 Å². The maximum Gasteiger partial charge on any atom is 0.349 e. The third kappa shape index (κ3) is 2.51. The van der Waals surface area contributed by atoms with E-state index in [2.05, 4.69) is 4.74 Å². The van der Waals surface area contributed by atoms with Crippen LogP contribution in [0.2, 0.25) is 0 Å². The molecule has 0 aromatic carbocycles. The Kier molecular flexibility index (Phi) is 4.29. The van der Waals surface area contributed by atoms with E-state index in [-0.39, 0.29) is 9.77 Å². The van der Waals surface area contributed by atoms with Crippen LogP contribution < -0.4 is 0 Å². The fourth-order valence-corrected chi connectivity index (χ4v) is 4.14. The molecule has 0 aliphatic rings. The first-order valence-electron chi connectivity index (χ1n) is 4.99. The van der Waals surface area contributed by atoms with Gasteiger partial charge in [-0.3, -0.25) is 0 Å². The molecule has 0 radical (unpaired) electrons. The molecule has 0 saturated carbocycles. The van der Waals surface area contributed by atoms with Crippen molar-refractivity contribution in [2.45, 2.75) is 18.7 Å². The highest BCUT2D eigenvalue weighted by molar-refractivity contribution is 7.89. The largest absolute Gasteiger partial charge is 0.465 e. The van der Waals surface area contributed by atoms with Crippen LogP contribution in [0.15, 0.2) is 10.3 Å². The molecule has 17 heavy (non-hydrogen) atoms. The van der Waals surface area contributed by atoms with Crippen LogP contribution in [0.3, 0.4) is 0 Å². The Morgan fingerprint density at radius 2 is 2.12 bits per heavy atom. The van der Waals surface area contributed by atoms with E-state index in [0.717, 1.165) is 11.3 Å². The second-order valence-electron chi connectivity index (χ2n) is 3.49. The van der Waals surface area contributed by atoms with Crippen molar-refractivity contribution in [3.05, 3.63) is 15.8 Å². The summed E-state index contributed by atoms with van der Waals surface area (Å²) in [5.74, 6) is -0.619. The molecule has 7 heteroatoms. The van der Waals surface area contributed by atoms with Crippen molar-refractivity contribution in [1.29, 1.82) is 0 Å². The Bertz CT molecular complexity index is 518. The topological polar surface area (TPSA) is 63.7 Å². The van der Waals surface area contributed by atoms with Crippen molar-refractivity contribution in [3.63, 3.8) is 0 Å². The van der Waals surface area contributed by atoms with Gasteiger partial charge >= 0.3 is 5.97 Å². The summed E-state index contributed by atoms with van der Waals surface area (Å²) in [6.45, 7) is 3.74. The molecule has 96 valence electrons. The first kappa shape index (κ1) is 14.1. The number of carbonyl (C=O) groups excluding carboxylic acids is 1. The quantitative estimate of drug-likeness (QED) is 0.782. The molecular weight excluding hydrogens is 262 g/mol. The molecule has 5 nitrogen and oxygen atoms in total. The lowest BCUT2D eigenvalue weighted by molar-refractivity contribution is 0.0602. The van der Waals surface area contributed by atoms with Gasteiger partial charge in [0.15, 0.2) is 0 Å². The number of aryl methyl sites for hydroxylation is 1. The van der Waals surface area contributed by atoms with E-state index in [4.69, 9.17) is 0 Å². The Balaban J connectivity index is 3.41. The summed E-state index contributed by atoms with van der Waals surface area (Å²) in [7, 11) is -0.906. The van der Waals surface area contributed by atoms with E-state index in [1.807, 2.05) is 0 Å². The zero-order valence-corrected chi connectivity index (χ0v) is 11.8. The van der Waals surface area contributed by atoms with Crippen molar-refractivity contribution in [3.8, 4) is 0 Å². The maximum atomic E-state index is 12.2. The summed E-state index contributed by atoms with van der Waals surface area (Å²) >= 11 is 1.08. The lowest BCUT2D eigenvalue weighted by Crippen LogP contribution is -2.28. The minimum absolute atomic E-state index is 0.0544. The van der Waals surface area contributed by atoms with Crippen LogP contribution in [0.5, 0.6) is 0 Å². The van der Waals surface area contributed by atoms with Gasteiger partial charge in [0.05, 0.1) is 7.11 Å². The molecule has 0 unspecified atom stereocenters. The van der Waals surface area contributed by atoms with Gasteiger partial charge in [-0.2, -0.15) is 0 Å². The van der Waals surface area contributed by atoms with Gasteiger partial charge in [0.2, 0.25) is 10.0 Å². The number of sulfonamides is 1. The van der Waals surface area contributed by atoms with Crippen molar-refractivity contribution in [2.75, 3.05) is 20.7 Å². The Morgan fingerprint density at radius 1 is 1.53 bits per heavy atom. The molecule has 0 atom stereocenters. The molecule has 0 saturated heterocycles. The maximum absolute atomic E-state index is 12.2. The molecule has 1 aromatic rings. The predicted molar refractivity (Wildman–Crippen MR) is 65.9 cm³/mol. The number of nitrogens with zero attached hydrogens (tertiary/aromatic N) is 1. The summed E-state index contributed by atoms with van der Waals surface area (Å²) in [5, 5.41) is 1.64. The number of hydrogen-bond donors (Lipinski definition) is 0. The van der Waals surface area contributed by atoms with Crippen LogP contribution in [-0.2, 0) is 14.8 Å². The second-order valence-corrected chi connectivity index (χ2v) is 6.35. The van der Waals surface area contributed by atoms with Crippen LogP contribution >= 0.6 is 11.3 Å². The fraction of sp³-hybridized carbons (Fsp3) is 0.500. The highest BCUT2D eigenvalue weighted by Gasteiger charge is 2.29. The summed E-state index contributed by atoms with van der Waals surface area (Å²) in [6, 6.07) is 0. The Morgan fingerprint density at radius 3 is 2.59 bits per heavy atom. The number of rotatable bonds is 4. The first-order chi connectivity index (χ1) is 7.86. The van der Waals surface area contributed by atoms with Crippen LogP contribution in [-0.4, -0.2) is 39.4 Å². The summed E-state index contributed by atoms with van der Waals surface area (Å²) < 4.78 is 30.2. The smallest absolute Gasteiger partial charge is 0.349 e. The predicted octanol–water partition coefficient (Wildman–Crippen LogP) is 1.48. The second kappa shape index (κ2) is 5.16. The van der Waals surface area contributed by atoms with Gasteiger partial charge in [0, 0.05) is 13.6 Å². The van der Waals surface area contributed by atoms with E-state index < -0.39 is 16.0 Å². The molecule has 0 fully saturated rings. The van der Waals surface area contributed by atoms with E-state index >= 15 is 0 Å². The Hall–Kier alpha value is -0.920. The van der Waals surface area contributed by atoms with Crippen LogP contribution in [0.1, 0.15) is 22.2 Å². The number of esters is 1. The third-order valence-corrected chi connectivity index (χ3v) is 5.73. The molecule has 0 amide bonds. The molecule has 1 rings (SSSR count). The summed E-state index contributed by atoms with van der Waals surface area (Å²) in [5.41, 5.74) is 0.565. The van der Waals surface area contributed by atoms with Crippen molar-refractivity contribution >= 4 is 27.3 Å². The minimum atomic E-state index is -3.62. The average molecular weight is 277 g/mol. The summed E-state index contributed by atoms with van der Waals surface area (Å²) in [4.78, 5) is 11.7. The van der Waals surface area contributed by atoms with Gasteiger partial charge in [-0.15, -0.1) is 11.3 Å². The minimum Gasteiger partial charge on any atom is -0.465 e. The number of carbonyl (C=O) groups is 1. The fourth-order valence-electron chi connectivity index (χ4n) is 1.31. The highest BCUT2D eigenvalue weighted by Crippen LogP contribution is 2.29. The number of methoxy groups -OCH3 is 1. The van der Waals surface area contributed by atoms with Crippen LogP contribution in [0, 0.1) is 6.92 Å². The van der Waals surface area contributed by atoms with Crippen molar-refractivity contribution in [2.24, 2.45) is 0 Å². The molecule has 1 heterocycles. The van der Waals surface area contributed by atoms with Crippen LogP contribution in [0.25, 0.3) is 0 Å². The molecule has 0 N–H and O–H groups in total. The molecule has 0 bridgehead atoms. The number of hydrogen-bond acceptors (Lipinski definition) is 5. The van der Waals surface area contributed by atoms with Gasteiger partial charge in [0.1, 0.15) is 9.77 Å². The van der Waals surface area contributed by atoms with Gasteiger partial charge in [-0.25, -0.2) is 17.5 Å². The molecule has 0 aliphatic heterocycles. The number of ether oxygens (including phenoxy) is 1. The lowest BCUT2D eigenvalue weighted by atomic mass is 10.3. The monoisotopic (exact) mass is 277 g/mol. The number of thiophene rings is 1. The van der Waals surface area contributed by atoms with Gasteiger partial charge in [0.25, 0.3) is 0 Å². The molecule has 0 aliphatic carbocycles. The van der Waals surface area contributed by atoms with E-state index in [9.17, 15) is 13.2 Å². The van der Waals surface area contributed by atoms with Crippen molar-refractivity contribution < 1.29 is 17.9 Å². The summed E-state index contributed by atoms with van der Waals surface area (Å²) in [6.07, 6.45) is 0. The SMILES string of the molecule is CCN(C)S(=O)(=O)c1c(C)csc1C(=O)OC.